The van der Waals surface area contributed by atoms with Crippen molar-refractivity contribution in [2.24, 2.45) is 7.05 Å². The molecule has 0 saturated heterocycles. The van der Waals surface area contributed by atoms with Gasteiger partial charge in [0, 0.05) is 12.6 Å². The Balaban J connectivity index is 2.06. The van der Waals surface area contributed by atoms with Crippen LogP contribution in [0.5, 0.6) is 5.75 Å². The van der Waals surface area contributed by atoms with E-state index in [9.17, 15) is 9.90 Å². The number of rotatable bonds is 2. The number of nitrogens with zero attached hydrogens (tertiary/aromatic N) is 2. The van der Waals surface area contributed by atoms with E-state index in [2.05, 4.69) is 4.98 Å². The lowest BCUT2D eigenvalue weighted by atomic mass is 10.0. The van der Waals surface area contributed by atoms with E-state index in [0.29, 0.717) is 34.3 Å². The molecular formula is C20H18N2O3. The molecule has 5 nitrogen and oxygen atoms in total. The average Bonchev–Trinajstić information content (AvgIpc) is 2.95. The molecule has 4 aromatic rings. The van der Waals surface area contributed by atoms with Crippen molar-refractivity contribution >= 4 is 22.0 Å². The number of phenols is 1. The number of aromatic nitrogens is 2. The molecule has 0 unspecified atom stereocenters. The molecule has 0 aliphatic rings. The molecule has 0 bridgehead atoms. The van der Waals surface area contributed by atoms with Crippen LogP contribution in [0.15, 0.2) is 45.8 Å². The van der Waals surface area contributed by atoms with Crippen molar-refractivity contribution in [1.29, 1.82) is 0 Å². The van der Waals surface area contributed by atoms with Crippen molar-refractivity contribution in [3.8, 4) is 17.1 Å². The Morgan fingerprint density at radius 3 is 2.76 bits per heavy atom. The van der Waals surface area contributed by atoms with E-state index in [0.717, 1.165) is 16.6 Å². The number of aromatic hydroxyl groups is 1. The Hall–Kier alpha value is -3.08. The number of hydrogen-bond donors (Lipinski definition) is 1. The molecule has 4 rings (SSSR count). The van der Waals surface area contributed by atoms with E-state index < -0.39 is 0 Å². The number of aryl methyl sites for hydroxylation is 3. The second-order valence-electron chi connectivity index (χ2n) is 6.20. The Morgan fingerprint density at radius 1 is 1.28 bits per heavy atom. The van der Waals surface area contributed by atoms with Crippen molar-refractivity contribution < 1.29 is 9.52 Å². The maximum atomic E-state index is 13.1. The molecule has 0 fully saturated rings. The lowest BCUT2D eigenvalue weighted by Crippen LogP contribution is -2.09. The van der Waals surface area contributed by atoms with E-state index in [1.165, 1.54) is 6.26 Å². The van der Waals surface area contributed by atoms with Crippen LogP contribution in [-0.4, -0.2) is 14.7 Å². The van der Waals surface area contributed by atoms with Crippen LogP contribution in [0.3, 0.4) is 0 Å². The molecule has 0 aliphatic heterocycles. The minimum atomic E-state index is -0.141. The number of imidazole rings is 1. The molecule has 0 radical (unpaired) electrons. The predicted molar refractivity (Wildman–Crippen MR) is 98.0 cm³/mol. The zero-order valence-electron chi connectivity index (χ0n) is 14.3. The summed E-state index contributed by atoms with van der Waals surface area (Å²) in [5, 5.41) is 10.7. The summed E-state index contributed by atoms with van der Waals surface area (Å²) in [6.07, 6.45) is 2.07. The number of fused-ring (bicyclic) bond motifs is 2. The van der Waals surface area contributed by atoms with E-state index >= 15 is 0 Å². The standard InChI is InChI=1S/C20H18N2O3/c1-4-12-9-13-18(24)14(10-25-19(13)11(2)17(12)23)20-21-15-7-5-6-8-16(15)22(20)3/h5-10,23H,4H2,1-3H3. The number of benzene rings is 2. The minimum Gasteiger partial charge on any atom is -0.507 e. The van der Waals surface area contributed by atoms with Crippen LogP contribution in [-0.2, 0) is 13.5 Å². The lowest BCUT2D eigenvalue weighted by Gasteiger charge is -2.09. The highest BCUT2D eigenvalue weighted by Gasteiger charge is 2.18. The third kappa shape index (κ3) is 2.16. The molecule has 0 saturated carbocycles. The van der Waals surface area contributed by atoms with Gasteiger partial charge in [-0.15, -0.1) is 0 Å². The Kier molecular flexibility index (Phi) is 3.39. The maximum Gasteiger partial charge on any atom is 0.203 e. The van der Waals surface area contributed by atoms with Gasteiger partial charge in [0.05, 0.1) is 16.4 Å². The van der Waals surface area contributed by atoms with Gasteiger partial charge in [0.2, 0.25) is 5.43 Å². The van der Waals surface area contributed by atoms with Gasteiger partial charge in [0.1, 0.15) is 29.0 Å². The van der Waals surface area contributed by atoms with Gasteiger partial charge in [-0.05, 0) is 37.1 Å². The van der Waals surface area contributed by atoms with Crippen LogP contribution >= 0.6 is 0 Å². The first-order valence-corrected chi connectivity index (χ1v) is 8.21. The van der Waals surface area contributed by atoms with Gasteiger partial charge in [-0.3, -0.25) is 4.79 Å². The number of para-hydroxylation sites is 2. The highest BCUT2D eigenvalue weighted by atomic mass is 16.3. The fourth-order valence-corrected chi connectivity index (χ4v) is 3.31. The van der Waals surface area contributed by atoms with Gasteiger partial charge in [-0.2, -0.15) is 0 Å². The van der Waals surface area contributed by atoms with Crippen LogP contribution in [0.4, 0.5) is 0 Å². The maximum absolute atomic E-state index is 13.1. The molecule has 0 spiro atoms. The summed E-state index contributed by atoms with van der Waals surface area (Å²) < 4.78 is 7.62. The molecule has 0 amide bonds. The fraction of sp³-hybridized carbons (Fsp3) is 0.200. The zero-order valence-corrected chi connectivity index (χ0v) is 14.3. The van der Waals surface area contributed by atoms with Crippen molar-refractivity contribution in [3.05, 3.63) is 57.9 Å². The normalized spacial score (nSPS) is 11.5. The van der Waals surface area contributed by atoms with Crippen LogP contribution in [0, 0.1) is 6.92 Å². The predicted octanol–water partition coefficient (Wildman–Crippen LogP) is 3.92. The largest absolute Gasteiger partial charge is 0.507 e. The van der Waals surface area contributed by atoms with Crippen molar-refractivity contribution in [1.82, 2.24) is 9.55 Å². The monoisotopic (exact) mass is 334 g/mol. The molecule has 1 N–H and O–H groups in total. The molecule has 2 heterocycles. The van der Waals surface area contributed by atoms with Gasteiger partial charge in [-0.1, -0.05) is 19.1 Å². The smallest absolute Gasteiger partial charge is 0.203 e. The number of phenolic OH excluding ortho intramolecular Hbond substituents is 1. The van der Waals surface area contributed by atoms with Gasteiger partial charge in [0.25, 0.3) is 0 Å². The minimum absolute atomic E-state index is 0.141. The first kappa shape index (κ1) is 15.4. The summed E-state index contributed by atoms with van der Waals surface area (Å²) in [5.74, 6) is 0.759. The molecule has 0 atom stereocenters. The van der Waals surface area contributed by atoms with E-state index in [4.69, 9.17) is 4.42 Å². The van der Waals surface area contributed by atoms with E-state index in [1.54, 1.807) is 13.0 Å². The van der Waals surface area contributed by atoms with E-state index in [1.807, 2.05) is 42.8 Å². The third-order valence-corrected chi connectivity index (χ3v) is 4.76. The highest BCUT2D eigenvalue weighted by molar-refractivity contribution is 5.87. The first-order valence-electron chi connectivity index (χ1n) is 8.21. The Labute approximate surface area is 144 Å². The molecule has 2 aromatic carbocycles. The second-order valence-corrected chi connectivity index (χ2v) is 6.20. The Morgan fingerprint density at radius 2 is 2.04 bits per heavy atom. The average molecular weight is 334 g/mol. The Bertz CT molecular complexity index is 1190. The zero-order chi connectivity index (χ0) is 17.7. The van der Waals surface area contributed by atoms with Crippen LogP contribution in [0.25, 0.3) is 33.4 Å². The summed E-state index contributed by atoms with van der Waals surface area (Å²) in [5.41, 5.74) is 3.80. The van der Waals surface area contributed by atoms with Crippen molar-refractivity contribution in [3.63, 3.8) is 0 Å². The summed E-state index contributed by atoms with van der Waals surface area (Å²) in [4.78, 5) is 17.7. The van der Waals surface area contributed by atoms with Crippen molar-refractivity contribution in [2.45, 2.75) is 20.3 Å². The molecule has 126 valence electrons. The van der Waals surface area contributed by atoms with E-state index in [-0.39, 0.29) is 11.2 Å². The third-order valence-electron chi connectivity index (χ3n) is 4.76. The first-order chi connectivity index (χ1) is 12.0. The summed E-state index contributed by atoms with van der Waals surface area (Å²) >= 11 is 0. The van der Waals surface area contributed by atoms with Gasteiger partial charge in [0.15, 0.2) is 0 Å². The molecule has 0 aliphatic carbocycles. The van der Waals surface area contributed by atoms with Crippen molar-refractivity contribution in [2.75, 3.05) is 0 Å². The van der Waals surface area contributed by atoms with Gasteiger partial charge >= 0.3 is 0 Å². The summed E-state index contributed by atoms with van der Waals surface area (Å²) in [6.45, 7) is 3.70. The second kappa shape index (κ2) is 5.48. The fourth-order valence-electron chi connectivity index (χ4n) is 3.31. The molecular weight excluding hydrogens is 316 g/mol. The highest BCUT2D eigenvalue weighted by Crippen LogP contribution is 2.31. The summed E-state index contributed by atoms with van der Waals surface area (Å²) in [6, 6.07) is 9.46. The van der Waals surface area contributed by atoms with Gasteiger partial charge < -0.3 is 14.1 Å². The molecule has 5 heteroatoms. The SMILES string of the molecule is CCc1cc2c(=O)c(-c3nc4ccccc4n3C)coc2c(C)c1O. The van der Waals surface area contributed by atoms with Crippen LogP contribution in [0.1, 0.15) is 18.1 Å². The van der Waals surface area contributed by atoms with Crippen LogP contribution < -0.4 is 5.43 Å². The number of hydrogen-bond acceptors (Lipinski definition) is 4. The van der Waals surface area contributed by atoms with Crippen LogP contribution in [0.2, 0.25) is 0 Å². The lowest BCUT2D eigenvalue weighted by molar-refractivity contribution is 0.463. The summed E-state index contributed by atoms with van der Waals surface area (Å²) in [7, 11) is 1.88. The quantitative estimate of drug-likeness (QED) is 0.603. The molecule has 25 heavy (non-hydrogen) atoms. The molecule has 2 aromatic heterocycles. The van der Waals surface area contributed by atoms with Gasteiger partial charge in [-0.25, -0.2) is 4.98 Å². The topological polar surface area (TPSA) is 68.3 Å².